The van der Waals surface area contributed by atoms with E-state index in [1.165, 1.54) is 24.8 Å². The van der Waals surface area contributed by atoms with E-state index in [0.717, 1.165) is 51.3 Å². The third-order valence-corrected chi connectivity index (χ3v) is 6.14. The molecule has 2 aromatic carbocycles. The number of benzene rings is 2. The average Bonchev–Trinajstić information content (AvgIpc) is 3.17. The maximum atomic E-state index is 14.3. The van der Waals surface area contributed by atoms with Crippen LogP contribution in [0, 0.1) is 17.1 Å². The number of esters is 1. The zero-order valence-electron chi connectivity index (χ0n) is 17.7. The first-order valence-corrected chi connectivity index (χ1v) is 10.6. The topological polar surface area (TPSA) is 65.8 Å². The van der Waals surface area contributed by atoms with Crippen molar-refractivity contribution in [3.8, 4) is 11.8 Å². The molecule has 0 saturated carbocycles. The summed E-state index contributed by atoms with van der Waals surface area (Å²) in [5.41, 5.74) is 3.73. The highest BCUT2D eigenvalue weighted by Crippen LogP contribution is 2.27. The van der Waals surface area contributed by atoms with Crippen molar-refractivity contribution in [1.29, 1.82) is 5.26 Å². The van der Waals surface area contributed by atoms with Gasteiger partial charge in [-0.3, -0.25) is 0 Å². The first-order chi connectivity index (χ1) is 15.1. The SMILES string of the molecule is COc1c(C#N)ccc(F)c1CCN1CCN(CCc2ccc3c(c2)COC3=O)CC1. The molecule has 0 bridgehead atoms. The number of rotatable bonds is 7. The Kier molecular flexibility index (Phi) is 6.50. The predicted molar refractivity (Wildman–Crippen MR) is 114 cm³/mol. The van der Waals surface area contributed by atoms with Gasteiger partial charge in [-0.25, -0.2) is 9.18 Å². The van der Waals surface area contributed by atoms with E-state index >= 15 is 0 Å². The van der Waals surface area contributed by atoms with Crippen LogP contribution in [0.2, 0.25) is 0 Å². The van der Waals surface area contributed by atoms with Gasteiger partial charge in [-0.1, -0.05) is 12.1 Å². The Labute approximate surface area is 181 Å². The molecule has 1 saturated heterocycles. The highest BCUT2D eigenvalue weighted by Gasteiger charge is 2.22. The second-order valence-corrected chi connectivity index (χ2v) is 7.97. The molecule has 2 aliphatic heterocycles. The number of ether oxygens (including phenoxy) is 2. The minimum atomic E-state index is -0.323. The molecule has 7 heteroatoms. The van der Waals surface area contributed by atoms with E-state index in [1.807, 2.05) is 12.1 Å². The molecular formula is C24H26FN3O3. The summed E-state index contributed by atoms with van der Waals surface area (Å²) in [4.78, 5) is 16.3. The first kappa shape index (κ1) is 21.3. The number of hydrogen-bond donors (Lipinski definition) is 0. The summed E-state index contributed by atoms with van der Waals surface area (Å²) in [6.45, 7) is 5.85. The summed E-state index contributed by atoms with van der Waals surface area (Å²) >= 11 is 0. The molecule has 1 fully saturated rings. The third-order valence-electron chi connectivity index (χ3n) is 6.14. The van der Waals surface area contributed by atoms with Crippen molar-refractivity contribution in [2.24, 2.45) is 0 Å². The van der Waals surface area contributed by atoms with Crippen LogP contribution in [0.4, 0.5) is 4.39 Å². The summed E-state index contributed by atoms with van der Waals surface area (Å²) in [6.07, 6.45) is 1.45. The Morgan fingerprint density at radius 2 is 1.81 bits per heavy atom. The van der Waals surface area contributed by atoms with E-state index in [9.17, 15) is 14.4 Å². The Bertz CT molecular complexity index is 1010. The van der Waals surface area contributed by atoms with E-state index in [4.69, 9.17) is 9.47 Å². The van der Waals surface area contributed by atoms with Crippen LogP contribution in [0.15, 0.2) is 30.3 Å². The molecule has 0 amide bonds. The molecule has 4 rings (SSSR count). The number of nitrogens with zero attached hydrogens (tertiary/aromatic N) is 3. The summed E-state index contributed by atoms with van der Waals surface area (Å²) in [7, 11) is 1.48. The highest BCUT2D eigenvalue weighted by molar-refractivity contribution is 5.93. The number of cyclic esters (lactones) is 1. The van der Waals surface area contributed by atoms with Gasteiger partial charge in [0.15, 0.2) is 0 Å². The van der Waals surface area contributed by atoms with Gasteiger partial charge in [0.05, 0.1) is 18.2 Å². The fourth-order valence-corrected chi connectivity index (χ4v) is 4.29. The van der Waals surface area contributed by atoms with Gasteiger partial charge in [0.25, 0.3) is 0 Å². The van der Waals surface area contributed by atoms with Crippen LogP contribution in [0.25, 0.3) is 0 Å². The van der Waals surface area contributed by atoms with Crippen LogP contribution < -0.4 is 4.74 Å². The number of carbonyl (C=O) groups excluding carboxylic acids is 1. The normalized spacial score (nSPS) is 16.6. The quantitative estimate of drug-likeness (QED) is 0.638. The smallest absolute Gasteiger partial charge is 0.338 e. The van der Waals surface area contributed by atoms with Crippen LogP contribution in [0.5, 0.6) is 5.75 Å². The minimum Gasteiger partial charge on any atom is -0.495 e. The lowest BCUT2D eigenvalue weighted by Crippen LogP contribution is -2.47. The zero-order valence-corrected chi connectivity index (χ0v) is 17.7. The second kappa shape index (κ2) is 9.46. The molecule has 0 unspecified atom stereocenters. The van der Waals surface area contributed by atoms with E-state index in [-0.39, 0.29) is 11.8 Å². The molecule has 2 aromatic rings. The van der Waals surface area contributed by atoms with Crippen LogP contribution in [0.1, 0.15) is 32.6 Å². The van der Waals surface area contributed by atoms with Crippen molar-refractivity contribution in [2.45, 2.75) is 19.4 Å². The predicted octanol–water partition coefficient (Wildman–Crippen LogP) is 2.78. The Hall–Kier alpha value is -2.95. The third kappa shape index (κ3) is 4.71. The average molecular weight is 423 g/mol. The Morgan fingerprint density at radius 1 is 1.10 bits per heavy atom. The molecule has 31 heavy (non-hydrogen) atoms. The maximum absolute atomic E-state index is 14.3. The molecular weight excluding hydrogens is 397 g/mol. The van der Waals surface area contributed by atoms with Gasteiger partial charge in [0.1, 0.15) is 24.2 Å². The van der Waals surface area contributed by atoms with E-state index in [2.05, 4.69) is 21.9 Å². The van der Waals surface area contributed by atoms with Gasteiger partial charge in [0.2, 0.25) is 0 Å². The number of carbonyl (C=O) groups is 1. The standard InChI is InChI=1S/C24H26FN3O3/c1-30-23-18(15-26)3-5-22(25)21(23)7-9-28-12-10-27(11-13-28)8-6-17-2-4-20-19(14-17)16-31-24(20)29/h2-5,14H,6-13,16H2,1H3. The van der Waals surface area contributed by atoms with Crippen molar-refractivity contribution in [1.82, 2.24) is 9.80 Å². The summed E-state index contributed by atoms with van der Waals surface area (Å²) in [6, 6.07) is 10.8. The summed E-state index contributed by atoms with van der Waals surface area (Å²) in [5.74, 6) is -0.201. The van der Waals surface area contributed by atoms with Crippen molar-refractivity contribution in [2.75, 3.05) is 46.4 Å². The molecule has 0 atom stereocenters. The number of piperazine rings is 1. The lowest BCUT2D eigenvalue weighted by molar-refractivity contribution is 0.0535. The molecule has 2 heterocycles. The van der Waals surface area contributed by atoms with Gasteiger partial charge in [-0.2, -0.15) is 5.26 Å². The maximum Gasteiger partial charge on any atom is 0.338 e. The molecule has 2 aliphatic rings. The number of nitriles is 1. The van der Waals surface area contributed by atoms with Gasteiger partial charge < -0.3 is 19.3 Å². The van der Waals surface area contributed by atoms with Gasteiger partial charge in [0, 0.05) is 50.4 Å². The summed E-state index contributed by atoms with van der Waals surface area (Å²) < 4.78 is 24.7. The zero-order chi connectivity index (χ0) is 21.8. The highest BCUT2D eigenvalue weighted by atomic mass is 19.1. The second-order valence-electron chi connectivity index (χ2n) is 7.97. The lowest BCUT2D eigenvalue weighted by Gasteiger charge is -2.34. The molecule has 0 N–H and O–H groups in total. The van der Waals surface area contributed by atoms with E-state index in [0.29, 0.717) is 35.5 Å². The molecule has 162 valence electrons. The van der Waals surface area contributed by atoms with Crippen LogP contribution in [-0.4, -0.2) is 62.1 Å². The number of methoxy groups -OCH3 is 1. The van der Waals surface area contributed by atoms with Crippen LogP contribution >= 0.6 is 0 Å². The number of hydrogen-bond acceptors (Lipinski definition) is 6. The monoisotopic (exact) mass is 423 g/mol. The van der Waals surface area contributed by atoms with Crippen molar-refractivity contribution < 1.29 is 18.7 Å². The van der Waals surface area contributed by atoms with E-state index < -0.39 is 0 Å². The number of fused-ring (bicyclic) bond motifs is 1. The number of halogens is 1. The van der Waals surface area contributed by atoms with E-state index in [1.54, 1.807) is 0 Å². The fourth-order valence-electron chi connectivity index (χ4n) is 4.29. The largest absolute Gasteiger partial charge is 0.495 e. The van der Waals surface area contributed by atoms with Crippen molar-refractivity contribution >= 4 is 5.97 Å². The van der Waals surface area contributed by atoms with Gasteiger partial charge in [-0.05, 0) is 36.6 Å². The molecule has 6 nitrogen and oxygen atoms in total. The first-order valence-electron chi connectivity index (χ1n) is 10.6. The summed E-state index contributed by atoms with van der Waals surface area (Å²) in [5, 5.41) is 9.21. The lowest BCUT2D eigenvalue weighted by atomic mass is 10.0. The van der Waals surface area contributed by atoms with Crippen LogP contribution in [-0.2, 0) is 24.2 Å². The molecule has 0 aromatic heterocycles. The van der Waals surface area contributed by atoms with Gasteiger partial charge >= 0.3 is 5.97 Å². The Morgan fingerprint density at radius 3 is 2.48 bits per heavy atom. The van der Waals surface area contributed by atoms with Crippen molar-refractivity contribution in [3.05, 3.63) is 64.0 Å². The molecule has 0 aliphatic carbocycles. The fraction of sp³-hybridized carbons (Fsp3) is 0.417. The molecule has 0 spiro atoms. The Balaban J connectivity index is 1.25. The van der Waals surface area contributed by atoms with Crippen LogP contribution in [0.3, 0.4) is 0 Å². The van der Waals surface area contributed by atoms with Gasteiger partial charge in [-0.15, -0.1) is 0 Å². The van der Waals surface area contributed by atoms with Crippen molar-refractivity contribution in [3.63, 3.8) is 0 Å². The molecule has 0 radical (unpaired) electrons. The minimum absolute atomic E-state index is 0.227.